The highest BCUT2D eigenvalue weighted by atomic mass is 32.1. The highest BCUT2D eigenvalue weighted by molar-refractivity contribution is 7.10. The molecule has 1 aliphatic carbocycles. The first-order valence-electron chi connectivity index (χ1n) is 5.89. The number of nitrogen functional groups attached to an aromatic ring is 1. The molecule has 0 saturated heterocycles. The van der Waals surface area contributed by atoms with Crippen molar-refractivity contribution in [3.63, 3.8) is 0 Å². The Kier molecular flexibility index (Phi) is 3.82. The summed E-state index contributed by atoms with van der Waals surface area (Å²) in [5.41, 5.74) is 6.07. The van der Waals surface area contributed by atoms with Gasteiger partial charge in [-0.1, -0.05) is 6.92 Å². The molecule has 1 aromatic rings. The van der Waals surface area contributed by atoms with Crippen LogP contribution in [-0.2, 0) is 0 Å². The number of hydrogen-bond acceptors (Lipinski definition) is 6. The number of nitriles is 1. The zero-order valence-corrected chi connectivity index (χ0v) is 10.8. The molecule has 0 bridgehead atoms. The fourth-order valence-electron chi connectivity index (χ4n) is 1.88. The second-order valence-electron chi connectivity index (χ2n) is 4.17. The van der Waals surface area contributed by atoms with Crippen molar-refractivity contribution in [2.75, 3.05) is 30.7 Å². The Hall–Kier alpha value is -1.32. The van der Waals surface area contributed by atoms with Gasteiger partial charge >= 0.3 is 0 Å². The molecule has 0 unspecified atom stereocenters. The van der Waals surface area contributed by atoms with Gasteiger partial charge in [0, 0.05) is 19.1 Å². The highest BCUT2D eigenvalue weighted by Crippen LogP contribution is 2.27. The maximum atomic E-state index is 8.93. The van der Waals surface area contributed by atoms with Gasteiger partial charge in [0.15, 0.2) is 5.82 Å². The van der Waals surface area contributed by atoms with E-state index in [1.807, 2.05) is 0 Å². The predicted octanol–water partition coefficient (Wildman–Crippen LogP) is 1.49. The molecule has 92 valence electrons. The van der Waals surface area contributed by atoms with E-state index in [4.69, 9.17) is 11.0 Å². The molecule has 1 fully saturated rings. The van der Waals surface area contributed by atoms with Crippen LogP contribution in [0, 0.1) is 11.3 Å². The molecule has 17 heavy (non-hydrogen) atoms. The van der Waals surface area contributed by atoms with Gasteiger partial charge in [-0.05, 0) is 30.9 Å². The molecule has 2 rings (SSSR count). The Morgan fingerprint density at radius 2 is 2.41 bits per heavy atom. The van der Waals surface area contributed by atoms with Crippen LogP contribution in [0.2, 0.25) is 0 Å². The maximum absolute atomic E-state index is 8.93. The van der Waals surface area contributed by atoms with Crippen LogP contribution in [0.5, 0.6) is 0 Å². The van der Waals surface area contributed by atoms with Gasteiger partial charge in [-0.25, -0.2) is 0 Å². The molecule has 0 amide bonds. The van der Waals surface area contributed by atoms with Crippen molar-refractivity contribution < 1.29 is 0 Å². The number of nitrogens with two attached hydrogens (primary N) is 1. The summed E-state index contributed by atoms with van der Waals surface area (Å²) in [5.74, 6) is 0.328. The number of rotatable bonds is 6. The van der Waals surface area contributed by atoms with Crippen LogP contribution >= 0.6 is 11.5 Å². The molecule has 5 nitrogen and oxygen atoms in total. The first-order valence-corrected chi connectivity index (χ1v) is 6.66. The van der Waals surface area contributed by atoms with Crippen LogP contribution in [0.1, 0.15) is 25.3 Å². The number of nitrogens with one attached hydrogen (secondary N) is 1. The van der Waals surface area contributed by atoms with Gasteiger partial charge in [-0.2, -0.15) is 9.64 Å². The Morgan fingerprint density at radius 3 is 3.00 bits per heavy atom. The first kappa shape index (κ1) is 12.1. The molecule has 0 radical (unpaired) electrons. The molecule has 3 N–H and O–H groups in total. The van der Waals surface area contributed by atoms with E-state index in [1.165, 1.54) is 24.4 Å². The smallest absolute Gasteiger partial charge is 0.157 e. The number of anilines is 2. The fraction of sp³-hybridized carbons (Fsp3) is 0.636. The summed E-state index contributed by atoms with van der Waals surface area (Å²) < 4.78 is 3.97. The lowest BCUT2D eigenvalue weighted by molar-refractivity contribution is 0.289. The van der Waals surface area contributed by atoms with Crippen molar-refractivity contribution in [2.45, 2.75) is 25.8 Å². The molecule has 1 saturated carbocycles. The predicted molar refractivity (Wildman–Crippen MR) is 70.0 cm³/mol. The third-order valence-corrected chi connectivity index (χ3v) is 3.80. The van der Waals surface area contributed by atoms with E-state index in [9.17, 15) is 0 Å². The number of likely N-dealkylation sites (N-methyl/N-ethyl adjacent to an activating group) is 1. The lowest BCUT2D eigenvalue weighted by atomic mass is 10.3. The van der Waals surface area contributed by atoms with Gasteiger partial charge in [-0.3, -0.25) is 4.90 Å². The van der Waals surface area contributed by atoms with Crippen molar-refractivity contribution in [1.29, 1.82) is 5.26 Å². The summed E-state index contributed by atoms with van der Waals surface area (Å²) in [6.45, 7) is 5.11. The Labute approximate surface area is 105 Å². The normalized spacial score (nSPS) is 14.9. The van der Waals surface area contributed by atoms with Crippen molar-refractivity contribution in [2.24, 2.45) is 0 Å². The minimum atomic E-state index is 0.328. The summed E-state index contributed by atoms with van der Waals surface area (Å²) in [4.78, 5) is 2.46. The van der Waals surface area contributed by atoms with Gasteiger partial charge < -0.3 is 11.1 Å². The van der Waals surface area contributed by atoms with Gasteiger partial charge in [0.1, 0.15) is 16.6 Å². The Bertz CT molecular complexity index is 418. The SMILES string of the molecule is CCN(CCNc1snc(N)c1C#N)C1CC1. The number of aromatic nitrogens is 1. The molecular formula is C11H17N5S. The van der Waals surface area contributed by atoms with E-state index < -0.39 is 0 Å². The number of nitrogens with zero attached hydrogens (tertiary/aromatic N) is 3. The third-order valence-electron chi connectivity index (χ3n) is 2.98. The minimum absolute atomic E-state index is 0.328. The van der Waals surface area contributed by atoms with Gasteiger partial charge in [0.05, 0.1) is 0 Å². The topological polar surface area (TPSA) is 78.0 Å². The molecule has 1 heterocycles. The van der Waals surface area contributed by atoms with Crippen molar-refractivity contribution in [3.8, 4) is 6.07 Å². The van der Waals surface area contributed by atoms with E-state index in [0.717, 1.165) is 30.7 Å². The van der Waals surface area contributed by atoms with Crippen LogP contribution in [-0.4, -0.2) is 34.9 Å². The Balaban J connectivity index is 1.83. The summed E-state index contributed by atoms with van der Waals surface area (Å²) in [7, 11) is 0. The summed E-state index contributed by atoms with van der Waals surface area (Å²) in [6, 6.07) is 2.86. The largest absolute Gasteiger partial charge is 0.382 e. The monoisotopic (exact) mass is 251 g/mol. The van der Waals surface area contributed by atoms with Crippen molar-refractivity contribution >= 4 is 22.4 Å². The summed E-state index contributed by atoms with van der Waals surface area (Å²) >= 11 is 1.26. The minimum Gasteiger partial charge on any atom is -0.382 e. The molecule has 1 aromatic heterocycles. The molecule has 0 aromatic carbocycles. The van der Waals surface area contributed by atoms with Gasteiger partial charge in [0.2, 0.25) is 0 Å². The molecule has 1 aliphatic rings. The molecular weight excluding hydrogens is 234 g/mol. The Morgan fingerprint density at radius 1 is 1.65 bits per heavy atom. The first-order chi connectivity index (χ1) is 8.26. The lowest BCUT2D eigenvalue weighted by Gasteiger charge is -2.19. The standard InChI is InChI=1S/C11H17N5S/c1-2-16(8-3-4-8)6-5-14-11-9(7-12)10(13)15-17-11/h8,14H,2-6H2,1H3,(H2,13,15). The molecule has 0 spiro atoms. The number of hydrogen-bond donors (Lipinski definition) is 2. The van der Waals surface area contributed by atoms with Crippen LogP contribution in [0.15, 0.2) is 0 Å². The van der Waals surface area contributed by atoms with Gasteiger partial charge in [0.25, 0.3) is 0 Å². The van der Waals surface area contributed by atoms with E-state index in [2.05, 4.69) is 27.6 Å². The summed E-state index contributed by atoms with van der Waals surface area (Å²) in [6.07, 6.45) is 2.65. The second kappa shape index (κ2) is 5.34. The molecule has 6 heteroatoms. The zero-order chi connectivity index (χ0) is 12.3. The zero-order valence-electron chi connectivity index (χ0n) is 9.94. The van der Waals surface area contributed by atoms with Crippen molar-refractivity contribution in [3.05, 3.63) is 5.56 Å². The van der Waals surface area contributed by atoms with E-state index >= 15 is 0 Å². The van der Waals surface area contributed by atoms with Crippen LogP contribution < -0.4 is 11.1 Å². The van der Waals surface area contributed by atoms with Gasteiger partial charge in [-0.15, -0.1) is 0 Å². The lowest BCUT2D eigenvalue weighted by Crippen LogP contribution is -2.30. The van der Waals surface area contributed by atoms with E-state index in [0.29, 0.717) is 11.4 Å². The second-order valence-corrected chi connectivity index (χ2v) is 4.94. The summed E-state index contributed by atoms with van der Waals surface area (Å²) in [5, 5.41) is 13.0. The van der Waals surface area contributed by atoms with Crippen LogP contribution in [0.4, 0.5) is 10.8 Å². The third kappa shape index (κ3) is 2.87. The van der Waals surface area contributed by atoms with E-state index in [-0.39, 0.29) is 0 Å². The fourth-order valence-corrected chi connectivity index (χ4v) is 2.57. The quantitative estimate of drug-likeness (QED) is 0.801. The maximum Gasteiger partial charge on any atom is 0.157 e. The van der Waals surface area contributed by atoms with E-state index in [1.54, 1.807) is 0 Å². The molecule has 0 atom stereocenters. The highest BCUT2D eigenvalue weighted by Gasteiger charge is 2.27. The van der Waals surface area contributed by atoms with Crippen molar-refractivity contribution in [1.82, 2.24) is 9.27 Å². The van der Waals surface area contributed by atoms with Crippen LogP contribution in [0.3, 0.4) is 0 Å². The molecule has 0 aliphatic heterocycles. The average molecular weight is 251 g/mol. The average Bonchev–Trinajstić information content (AvgIpc) is 3.10. The van der Waals surface area contributed by atoms with Crippen LogP contribution in [0.25, 0.3) is 0 Å².